The van der Waals surface area contributed by atoms with Crippen LogP contribution in [-0.2, 0) is 9.59 Å². The van der Waals surface area contributed by atoms with E-state index in [1.54, 1.807) is 0 Å². The van der Waals surface area contributed by atoms with Crippen LogP contribution in [0.3, 0.4) is 0 Å². The number of nitrogens with zero attached hydrogens (tertiary/aromatic N) is 2. The highest BCUT2D eigenvalue weighted by Crippen LogP contribution is 2.15. The normalized spacial score (nSPS) is 23.4. The quantitative estimate of drug-likeness (QED) is 0.825. The molecule has 2 fully saturated rings. The maximum Gasteiger partial charge on any atom is 0.223 e. The Labute approximate surface area is 121 Å². The van der Waals surface area contributed by atoms with Gasteiger partial charge in [-0.3, -0.25) is 9.59 Å². The van der Waals surface area contributed by atoms with Crippen LogP contribution in [0.5, 0.6) is 0 Å². The Balaban J connectivity index is 1.73. The van der Waals surface area contributed by atoms with Gasteiger partial charge in [-0.1, -0.05) is 13.8 Å². The molecule has 114 valence electrons. The predicted molar refractivity (Wildman–Crippen MR) is 78.2 cm³/mol. The molecule has 5 heteroatoms. The molecule has 20 heavy (non-hydrogen) atoms. The van der Waals surface area contributed by atoms with E-state index >= 15 is 0 Å². The van der Waals surface area contributed by atoms with Crippen molar-refractivity contribution in [1.29, 1.82) is 0 Å². The topological polar surface area (TPSA) is 52.7 Å². The van der Waals surface area contributed by atoms with E-state index in [1.165, 1.54) is 0 Å². The highest BCUT2D eigenvalue weighted by atomic mass is 16.2. The van der Waals surface area contributed by atoms with Crippen LogP contribution in [0.4, 0.5) is 0 Å². The van der Waals surface area contributed by atoms with Gasteiger partial charge in [0.15, 0.2) is 0 Å². The van der Waals surface area contributed by atoms with E-state index in [1.807, 2.05) is 9.80 Å². The zero-order valence-electron chi connectivity index (χ0n) is 12.7. The van der Waals surface area contributed by atoms with Crippen molar-refractivity contribution >= 4 is 11.8 Å². The fourth-order valence-corrected chi connectivity index (χ4v) is 2.95. The summed E-state index contributed by atoms with van der Waals surface area (Å²) in [5, 5.41) is 3.30. The molecule has 2 aliphatic rings. The van der Waals surface area contributed by atoms with Gasteiger partial charge in [-0.2, -0.15) is 0 Å². The van der Waals surface area contributed by atoms with Gasteiger partial charge in [0, 0.05) is 39.0 Å². The van der Waals surface area contributed by atoms with Gasteiger partial charge in [0.05, 0.1) is 0 Å². The van der Waals surface area contributed by atoms with E-state index in [9.17, 15) is 9.59 Å². The van der Waals surface area contributed by atoms with Gasteiger partial charge in [-0.15, -0.1) is 0 Å². The van der Waals surface area contributed by atoms with Crippen molar-refractivity contribution in [1.82, 2.24) is 15.1 Å². The van der Waals surface area contributed by atoms with Crippen molar-refractivity contribution in [3.8, 4) is 0 Å². The standard InChI is InChI=1S/C15H27N3O2/c1-12(2)9-14(19)17-5-7-18(8-6-17)15(20)10-13-3-4-16-11-13/h12-13,16H,3-11H2,1-2H3. The minimum atomic E-state index is 0.229. The molecule has 2 aliphatic heterocycles. The molecule has 2 heterocycles. The highest BCUT2D eigenvalue weighted by molar-refractivity contribution is 5.78. The lowest BCUT2D eigenvalue weighted by atomic mass is 10.0. The van der Waals surface area contributed by atoms with Gasteiger partial charge in [0.2, 0.25) is 11.8 Å². The number of piperazine rings is 1. The fraction of sp³-hybridized carbons (Fsp3) is 0.867. The van der Waals surface area contributed by atoms with Crippen LogP contribution in [0.15, 0.2) is 0 Å². The highest BCUT2D eigenvalue weighted by Gasteiger charge is 2.26. The lowest BCUT2D eigenvalue weighted by Crippen LogP contribution is -2.51. The number of hydrogen-bond donors (Lipinski definition) is 1. The molecule has 5 nitrogen and oxygen atoms in total. The van der Waals surface area contributed by atoms with Gasteiger partial charge in [-0.05, 0) is 31.3 Å². The molecule has 0 aromatic heterocycles. The molecule has 0 radical (unpaired) electrons. The lowest BCUT2D eigenvalue weighted by Gasteiger charge is -2.35. The first-order chi connectivity index (χ1) is 9.56. The maximum absolute atomic E-state index is 12.2. The monoisotopic (exact) mass is 281 g/mol. The van der Waals surface area contributed by atoms with E-state index in [4.69, 9.17) is 0 Å². The maximum atomic E-state index is 12.2. The molecule has 0 aromatic carbocycles. The van der Waals surface area contributed by atoms with Crippen molar-refractivity contribution in [2.75, 3.05) is 39.3 Å². The third-order valence-electron chi connectivity index (χ3n) is 4.19. The van der Waals surface area contributed by atoms with Crippen LogP contribution in [0.25, 0.3) is 0 Å². The van der Waals surface area contributed by atoms with Crippen LogP contribution in [0.1, 0.15) is 33.1 Å². The first-order valence-electron chi connectivity index (χ1n) is 7.82. The molecule has 0 aliphatic carbocycles. The van der Waals surface area contributed by atoms with Gasteiger partial charge in [0.25, 0.3) is 0 Å². The lowest BCUT2D eigenvalue weighted by molar-refractivity contribution is -0.140. The van der Waals surface area contributed by atoms with Crippen LogP contribution in [-0.4, -0.2) is 60.9 Å². The average molecular weight is 281 g/mol. The predicted octanol–water partition coefficient (Wildman–Crippen LogP) is 0.703. The summed E-state index contributed by atoms with van der Waals surface area (Å²) in [5.41, 5.74) is 0. The summed E-state index contributed by atoms with van der Waals surface area (Å²) in [6.45, 7) is 8.92. The molecule has 0 spiro atoms. The number of carbonyl (C=O) groups excluding carboxylic acids is 2. The summed E-state index contributed by atoms with van der Waals surface area (Å²) in [5.74, 6) is 1.39. The van der Waals surface area contributed by atoms with Crippen LogP contribution < -0.4 is 5.32 Å². The number of rotatable bonds is 4. The molecule has 1 atom stereocenters. The van der Waals surface area contributed by atoms with Crippen molar-refractivity contribution in [2.45, 2.75) is 33.1 Å². The third kappa shape index (κ3) is 4.20. The van der Waals surface area contributed by atoms with Gasteiger partial charge >= 0.3 is 0 Å². The van der Waals surface area contributed by atoms with Gasteiger partial charge in [-0.25, -0.2) is 0 Å². The summed E-state index contributed by atoms with van der Waals surface area (Å²) in [7, 11) is 0. The first kappa shape index (κ1) is 15.3. The Bertz CT molecular complexity index is 343. The minimum Gasteiger partial charge on any atom is -0.339 e. The SMILES string of the molecule is CC(C)CC(=O)N1CCN(C(=O)CC2CCNC2)CC1. The minimum absolute atomic E-state index is 0.229. The second-order valence-corrected chi connectivity index (χ2v) is 6.42. The van der Waals surface area contributed by atoms with Crippen molar-refractivity contribution < 1.29 is 9.59 Å². The van der Waals surface area contributed by atoms with Crippen molar-refractivity contribution in [2.24, 2.45) is 11.8 Å². The van der Waals surface area contributed by atoms with Crippen LogP contribution >= 0.6 is 0 Å². The Morgan fingerprint density at radius 3 is 2.20 bits per heavy atom. The second-order valence-electron chi connectivity index (χ2n) is 6.42. The summed E-state index contributed by atoms with van der Waals surface area (Å²) in [6, 6.07) is 0. The summed E-state index contributed by atoms with van der Waals surface area (Å²) in [4.78, 5) is 28.0. The molecular weight excluding hydrogens is 254 g/mol. The van der Waals surface area contributed by atoms with Gasteiger partial charge < -0.3 is 15.1 Å². The Morgan fingerprint density at radius 1 is 1.10 bits per heavy atom. The van der Waals surface area contributed by atoms with E-state index in [0.717, 1.165) is 19.5 Å². The summed E-state index contributed by atoms with van der Waals surface area (Å²) in [6.07, 6.45) is 2.38. The number of carbonyl (C=O) groups is 2. The Kier molecular flexibility index (Phi) is 5.40. The second kappa shape index (κ2) is 7.07. The van der Waals surface area contributed by atoms with E-state index in [0.29, 0.717) is 50.9 Å². The average Bonchev–Trinajstić information content (AvgIpc) is 2.91. The van der Waals surface area contributed by atoms with Crippen molar-refractivity contribution in [3.05, 3.63) is 0 Å². The number of nitrogens with one attached hydrogen (secondary N) is 1. The molecular formula is C15H27N3O2. The van der Waals surface area contributed by atoms with Crippen LogP contribution in [0.2, 0.25) is 0 Å². The van der Waals surface area contributed by atoms with E-state index in [2.05, 4.69) is 19.2 Å². The summed E-state index contributed by atoms with van der Waals surface area (Å²) < 4.78 is 0. The van der Waals surface area contributed by atoms with E-state index < -0.39 is 0 Å². The molecule has 2 saturated heterocycles. The molecule has 0 saturated carbocycles. The van der Waals surface area contributed by atoms with Gasteiger partial charge in [0.1, 0.15) is 0 Å². The zero-order valence-corrected chi connectivity index (χ0v) is 12.7. The third-order valence-corrected chi connectivity index (χ3v) is 4.19. The summed E-state index contributed by atoms with van der Waals surface area (Å²) >= 11 is 0. The molecule has 1 N–H and O–H groups in total. The smallest absolute Gasteiger partial charge is 0.223 e. The molecule has 0 bridgehead atoms. The Hall–Kier alpha value is -1.10. The molecule has 2 rings (SSSR count). The van der Waals surface area contributed by atoms with Crippen molar-refractivity contribution in [3.63, 3.8) is 0 Å². The number of amides is 2. The van der Waals surface area contributed by atoms with E-state index in [-0.39, 0.29) is 11.8 Å². The Morgan fingerprint density at radius 2 is 1.70 bits per heavy atom. The molecule has 0 aromatic rings. The number of hydrogen-bond acceptors (Lipinski definition) is 3. The first-order valence-corrected chi connectivity index (χ1v) is 7.82. The molecule has 2 amide bonds. The van der Waals surface area contributed by atoms with Crippen LogP contribution in [0, 0.1) is 11.8 Å². The largest absolute Gasteiger partial charge is 0.339 e. The fourth-order valence-electron chi connectivity index (χ4n) is 2.95. The zero-order chi connectivity index (χ0) is 14.5. The molecule has 1 unspecified atom stereocenters.